The summed E-state index contributed by atoms with van der Waals surface area (Å²) in [5.74, 6) is -0.0109. The quantitative estimate of drug-likeness (QED) is 0.220. The fourth-order valence-electron chi connectivity index (χ4n) is 1.12. The Hall–Kier alpha value is -2.11. The lowest BCUT2D eigenvalue weighted by Crippen LogP contribution is -2.25. The van der Waals surface area contributed by atoms with Crippen LogP contribution >= 0.6 is 0 Å². The van der Waals surface area contributed by atoms with Crippen molar-refractivity contribution in [2.24, 2.45) is 10.9 Å². The molecule has 0 bridgehead atoms. The number of carbonyl (C=O) groups excluding carboxylic acids is 1. The normalized spacial score (nSPS) is 11.1. The Morgan fingerprint density at radius 1 is 1.62 bits per heavy atom. The van der Waals surface area contributed by atoms with E-state index in [4.69, 9.17) is 10.9 Å². The van der Waals surface area contributed by atoms with E-state index in [1.165, 1.54) is 6.20 Å². The molecule has 1 aromatic heterocycles. The summed E-state index contributed by atoms with van der Waals surface area (Å²) in [5, 5.41) is 13.8. The average Bonchev–Trinajstić information content (AvgIpc) is 2.35. The molecule has 6 nitrogen and oxygen atoms in total. The SMILES string of the molecule is NC(CCCNC(=O)c1cccnc1)=NO. The van der Waals surface area contributed by atoms with Crippen molar-refractivity contribution in [3.05, 3.63) is 30.1 Å². The predicted molar refractivity (Wildman–Crippen MR) is 59.2 cm³/mol. The van der Waals surface area contributed by atoms with E-state index in [-0.39, 0.29) is 11.7 Å². The molecular formula is C10H14N4O2. The van der Waals surface area contributed by atoms with Crippen molar-refractivity contribution in [3.8, 4) is 0 Å². The molecule has 1 aromatic rings. The summed E-state index contributed by atoms with van der Waals surface area (Å²) in [4.78, 5) is 15.3. The number of carbonyl (C=O) groups is 1. The number of aromatic nitrogens is 1. The zero-order chi connectivity index (χ0) is 11.8. The summed E-state index contributed by atoms with van der Waals surface area (Å²) < 4.78 is 0. The second-order valence-corrected chi connectivity index (χ2v) is 3.19. The molecule has 0 radical (unpaired) electrons. The van der Waals surface area contributed by atoms with Gasteiger partial charge < -0.3 is 16.3 Å². The Bertz CT molecular complexity index is 364. The van der Waals surface area contributed by atoms with Crippen LogP contribution in [-0.2, 0) is 0 Å². The number of rotatable bonds is 5. The van der Waals surface area contributed by atoms with E-state index in [0.717, 1.165) is 0 Å². The molecule has 86 valence electrons. The molecule has 0 fully saturated rings. The first-order chi connectivity index (χ1) is 7.74. The van der Waals surface area contributed by atoms with Crippen LogP contribution in [0.25, 0.3) is 0 Å². The molecule has 6 heteroatoms. The van der Waals surface area contributed by atoms with E-state index in [1.807, 2.05) is 0 Å². The fourth-order valence-corrected chi connectivity index (χ4v) is 1.12. The van der Waals surface area contributed by atoms with Crippen molar-refractivity contribution in [1.29, 1.82) is 0 Å². The smallest absolute Gasteiger partial charge is 0.252 e. The van der Waals surface area contributed by atoms with Gasteiger partial charge in [-0.05, 0) is 18.6 Å². The minimum atomic E-state index is -0.174. The first kappa shape index (κ1) is 12.0. The van der Waals surface area contributed by atoms with E-state index >= 15 is 0 Å². The number of amides is 1. The number of oxime groups is 1. The van der Waals surface area contributed by atoms with Crippen LogP contribution in [0, 0.1) is 0 Å². The zero-order valence-electron chi connectivity index (χ0n) is 8.76. The number of hydrogen-bond acceptors (Lipinski definition) is 4. The van der Waals surface area contributed by atoms with Gasteiger partial charge in [-0.15, -0.1) is 0 Å². The van der Waals surface area contributed by atoms with Gasteiger partial charge in [0.05, 0.1) is 5.56 Å². The number of nitrogens with zero attached hydrogens (tertiary/aromatic N) is 2. The van der Waals surface area contributed by atoms with Gasteiger partial charge in [0.25, 0.3) is 5.91 Å². The lowest BCUT2D eigenvalue weighted by Gasteiger charge is -2.03. The summed E-state index contributed by atoms with van der Waals surface area (Å²) in [5.41, 5.74) is 5.80. The van der Waals surface area contributed by atoms with Gasteiger partial charge in [-0.3, -0.25) is 9.78 Å². The Balaban J connectivity index is 2.26. The molecule has 0 aromatic carbocycles. The molecule has 0 atom stereocenters. The highest BCUT2D eigenvalue weighted by atomic mass is 16.4. The molecule has 0 saturated carbocycles. The monoisotopic (exact) mass is 222 g/mol. The third kappa shape index (κ3) is 3.95. The van der Waals surface area contributed by atoms with Crippen LogP contribution in [-0.4, -0.2) is 28.5 Å². The Labute approximate surface area is 93.2 Å². The number of nitrogens with one attached hydrogen (secondary N) is 1. The van der Waals surface area contributed by atoms with Gasteiger partial charge in [0.1, 0.15) is 5.84 Å². The van der Waals surface area contributed by atoms with Crippen LogP contribution < -0.4 is 11.1 Å². The van der Waals surface area contributed by atoms with Gasteiger partial charge in [0.15, 0.2) is 0 Å². The zero-order valence-corrected chi connectivity index (χ0v) is 8.76. The van der Waals surface area contributed by atoms with Crippen LogP contribution in [0.5, 0.6) is 0 Å². The Kier molecular flexibility index (Phi) is 4.78. The second-order valence-electron chi connectivity index (χ2n) is 3.19. The summed E-state index contributed by atoms with van der Waals surface area (Å²) >= 11 is 0. The molecule has 0 unspecified atom stereocenters. The molecule has 4 N–H and O–H groups in total. The topological polar surface area (TPSA) is 101 Å². The molecule has 16 heavy (non-hydrogen) atoms. The maximum absolute atomic E-state index is 11.5. The molecule has 0 aliphatic carbocycles. The van der Waals surface area contributed by atoms with Gasteiger partial charge in [-0.2, -0.15) is 0 Å². The molecule has 1 amide bonds. The van der Waals surface area contributed by atoms with E-state index in [1.54, 1.807) is 18.3 Å². The van der Waals surface area contributed by atoms with E-state index in [2.05, 4.69) is 15.5 Å². The van der Waals surface area contributed by atoms with Crippen molar-refractivity contribution in [2.75, 3.05) is 6.54 Å². The fraction of sp³-hybridized carbons (Fsp3) is 0.300. The number of hydrogen-bond donors (Lipinski definition) is 3. The van der Waals surface area contributed by atoms with Crippen molar-refractivity contribution in [3.63, 3.8) is 0 Å². The highest BCUT2D eigenvalue weighted by Crippen LogP contribution is 1.95. The Morgan fingerprint density at radius 3 is 3.06 bits per heavy atom. The molecular weight excluding hydrogens is 208 g/mol. The van der Waals surface area contributed by atoms with Crippen LogP contribution in [0.4, 0.5) is 0 Å². The minimum Gasteiger partial charge on any atom is -0.409 e. The maximum atomic E-state index is 11.5. The van der Waals surface area contributed by atoms with Gasteiger partial charge >= 0.3 is 0 Å². The van der Waals surface area contributed by atoms with Crippen molar-refractivity contribution >= 4 is 11.7 Å². The molecule has 1 heterocycles. The van der Waals surface area contributed by atoms with Crippen LogP contribution in [0.3, 0.4) is 0 Å². The first-order valence-corrected chi connectivity index (χ1v) is 4.88. The summed E-state index contributed by atoms with van der Waals surface area (Å²) in [6.07, 6.45) is 4.18. The third-order valence-electron chi connectivity index (χ3n) is 1.95. The lowest BCUT2D eigenvalue weighted by molar-refractivity contribution is 0.0953. The summed E-state index contributed by atoms with van der Waals surface area (Å²) in [6.45, 7) is 0.476. The first-order valence-electron chi connectivity index (χ1n) is 4.88. The standard InChI is InChI=1S/C10H14N4O2/c11-9(14-16)4-2-6-13-10(15)8-3-1-5-12-7-8/h1,3,5,7,16H,2,4,6H2,(H2,11,14)(H,13,15). The number of pyridine rings is 1. The van der Waals surface area contributed by atoms with Crippen LogP contribution in [0.15, 0.2) is 29.7 Å². The van der Waals surface area contributed by atoms with Gasteiger partial charge in [0, 0.05) is 25.4 Å². The summed E-state index contributed by atoms with van der Waals surface area (Å²) in [6, 6.07) is 3.39. The third-order valence-corrected chi connectivity index (χ3v) is 1.95. The van der Waals surface area contributed by atoms with Gasteiger partial charge in [0.2, 0.25) is 0 Å². The van der Waals surface area contributed by atoms with Crippen molar-refractivity contribution in [2.45, 2.75) is 12.8 Å². The highest BCUT2D eigenvalue weighted by molar-refractivity contribution is 5.93. The Morgan fingerprint density at radius 2 is 2.44 bits per heavy atom. The molecule has 0 saturated heterocycles. The van der Waals surface area contributed by atoms with E-state index in [9.17, 15) is 4.79 Å². The molecule has 0 aliphatic heterocycles. The highest BCUT2D eigenvalue weighted by Gasteiger charge is 2.03. The van der Waals surface area contributed by atoms with Gasteiger partial charge in [-0.1, -0.05) is 5.16 Å². The lowest BCUT2D eigenvalue weighted by atomic mass is 10.2. The van der Waals surface area contributed by atoms with Crippen molar-refractivity contribution < 1.29 is 10.0 Å². The minimum absolute atomic E-state index is 0.163. The second kappa shape index (κ2) is 6.39. The largest absolute Gasteiger partial charge is 0.409 e. The van der Waals surface area contributed by atoms with E-state index < -0.39 is 0 Å². The van der Waals surface area contributed by atoms with Crippen molar-refractivity contribution in [1.82, 2.24) is 10.3 Å². The maximum Gasteiger partial charge on any atom is 0.252 e. The number of nitrogens with two attached hydrogens (primary N) is 1. The molecule has 1 rings (SSSR count). The average molecular weight is 222 g/mol. The van der Waals surface area contributed by atoms with Gasteiger partial charge in [-0.25, -0.2) is 0 Å². The van der Waals surface area contributed by atoms with E-state index in [0.29, 0.717) is 24.9 Å². The number of amidine groups is 1. The van der Waals surface area contributed by atoms with Crippen LogP contribution in [0.1, 0.15) is 23.2 Å². The molecule has 0 aliphatic rings. The summed E-state index contributed by atoms with van der Waals surface area (Å²) in [7, 11) is 0. The van der Waals surface area contributed by atoms with Crippen LogP contribution in [0.2, 0.25) is 0 Å². The molecule has 0 spiro atoms. The predicted octanol–water partition coefficient (Wildman–Crippen LogP) is 0.338.